The molecule has 2 nitrogen and oxygen atoms in total. The lowest BCUT2D eigenvalue weighted by molar-refractivity contribution is 0.0664. The fourth-order valence-electron chi connectivity index (χ4n) is 1.32. The zero-order valence-corrected chi connectivity index (χ0v) is 7.19. The maximum Gasteiger partial charge on any atom is 0.0572 e. The molecule has 0 amide bonds. The zero-order chi connectivity index (χ0) is 6.69. The first-order chi connectivity index (χ1) is 4.33. The number of ether oxygens (including phenoxy) is 1. The van der Waals surface area contributed by atoms with E-state index >= 15 is 0 Å². The van der Waals surface area contributed by atoms with Crippen LogP contribution in [0.4, 0.5) is 0 Å². The Morgan fingerprint density at radius 3 is 2.10 bits per heavy atom. The van der Waals surface area contributed by atoms with E-state index in [-0.39, 0.29) is 12.4 Å². The lowest BCUT2D eigenvalue weighted by atomic mass is 9.94. The summed E-state index contributed by atoms with van der Waals surface area (Å²) in [5, 5.41) is 0. The smallest absolute Gasteiger partial charge is 0.0572 e. The molecule has 1 saturated carbocycles. The van der Waals surface area contributed by atoms with Gasteiger partial charge in [-0.25, -0.2) is 0 Å². The van der Waals surface area contributed by atoms with Crippen LogP contribution in [0.3, 0.4) is 0 Å². The number of halogens is 1. The van der Waals surface area contributed by atoms with Crippen LogP contribution in [-0.2, 0) is 4.74 Å². The second-order valence-electron chi connectivity index (χ2n) is 2.77. The van der Waals surface area contributed by atoms with Gasteiger partial charge < -0.3 is 10.5 Å². The highest BCUT2D eigenvalue weighted by atomic mass is 35.5. The van der Waals surface area contributed by atoms with E-state index in [0.29, 0.717) is 12.1 Å². The van der Waals surface area contributed by atoms with E-state index in [1.807, 2.05) is 0 Å². The molecule has 0 atom stereocenters. The van der Waals surface area contributed by atoms with Gasteiger partial charge in [-0.2, -0.15) is 0 Å². The molecule has 0 aromatic carbocycles. The van der Waals surface area contributed by atoms with Crippen molar-refractivity contribution in [1.29, 1.82) is 0 Å². The maximum atomic E-state index is 5.70. The number of methoxy groups -OCH3 is 1. The fraction of sp³-hybridized carbons (Fsp3) is 1.00. The van der Waals surface area contributed by atoms with Gasteiger partial charge in [-0.1, -0.05) is 0 Å². The summed E-state index contributed by atoms with van der Waals surface area (Å²) >= 11 is 0. The van der Waals surface area contributed by atoms with E-state index in [1.54, 1.807) is 7.11 Å². The van der Waals surface area contributed by atoms with Gasteiger partial charge in [0.15, 0.2) is 0 Å². The number of nitrogens with two attached hydrogens (primary N) is 1. The minimum Gasteiger partial charge on any atom is -0.381 e. The summed E-state index contributed by atoms with van der Waals surface area (Å²) in [6, 6.07) is 0.441. The Kier molecular flexibility index (Phi) is 5.04. The summed E-state index contributed by atoms with van der Waals surface area (Å²) in [5.41, 5.74) is 5.70. The van der Waals surface area contributed by atoms with Gasteiger partial charge in [0, 0.05) is 13.2 Å². The monoisotopic (exact) mass is 165 g/mol. The molecule has 1 aliphatic rings. The van der Waals surface area contributed by atoms with E-state index in [1.165, 1.54) is 0 Å². The Bertz CT molecular complexity index is 81.7. The molecule has 62 valence electrons. The number of hydrogen-bond donors (Lipinski definition) is 1. The second kappa shape index (κ2) is 4.94. The van der Waals surface area contributed by atoms with Crippen molar-refractivity contribution < 1.29 is 4.74 Å². The van der Waals surface area contributed by atoms with Crippen molar-refractivity contribution >= 4 is 12.4 Å². The predicted octanol–water partition coefficient (Wildman–Crippen LogP) is 1.32. The first-order valence-electron chi connectivity index (χ1n) is 3.61. The van der Waals surface area contributed by atoms with Crippen molar-refractivity contribution in [3.63, 3.8) is 0 Å². The molecule has 1 rings (SSSR count). The molecule has 0 unspecified atom stereocenters. The topological polar surface area (TPSA) is 35.2 Å². The molecule has 1 fully saturated rings. The maximum absolute atomic E-state index is 5.70. The molecule has 0 aromatic rings. The third kappa shape index (κ3) is 2.86. The molecule has 0 saturated heterocycles. The van der Waals surface area contributed by atoms with Gasteiger partial charge in [-0.05, 0) is 25.7 Å². The molecular weight excluding hydrogens is 150 g/mol. The highest BCUT2D eigenvalue weighted by Gasteiger charge is 2.16. The molecule has 1 aliphatic carbocycles. The minimum absolute atomic E-state index is 0. The quantitative estimate of drug-likeness (QED) is 0.636. The molecule has 2 N–H and O–H groups in total. The average molecular weight is 166 g/mol. The van der Waals surface area contributed by atoms with Crippen molar-refractivity contribution in [1.82, 2.24) is 0 Å². The third-order valence-electron chi connectivity index (χ3n) is 2.05. The molecular formula is C7H16ClNO. The molecule has 0 spiro atoms. The van der Waals surface area contributed by atoms with Gasteiger partial charge in [0.2, 0.25) is 0 Å². The van der Waals surface area contributed by atoms with Crippen molar-refractivity contribution in [2.45, 2.75) is 37.8 Å². The molecule has 0 radical (unpaired) electrons. The molecule has 0 aliphatic heterocycles. The third-order valence-corrected chi connectivity index (χ3v) is 2.05. The summed E-state index contributed by atoms with van der Waals surface area (Å²) in [7, 11) is 1.78. The van der Waals surface area contributed by atoms with Crippen LogP contribution in [0.5, 0.6) is 0 Å². The largest absolute Gasteiger partial charge is 0.381 e. The highest BCUT2D eigenvalue weighted by molar-refractivity contribution is 5.85. The summed E-state index contributed by atoms with van der Waals surface area (Å²) in [6.07, 6.45) is 5.07. The van der Waals surface area contributed by atoms with Crippen LogP contribution >= 0.6 is 12.4 Å². The van der Waals surface area contributed by atoms with Crippen LogP contribution in [-0.4, -0.2) is 19.3 Å². The first-order valence-corrected chi connectivity index (χ1v) is 3.61. The van der Waals surface area contributed by atoms with E-state index < -0.39 is 0 Å². The Balaban J connectivity index is 0.000000810. The van der Waals surface area contributed by atoms with Crippen molar-refractivity contribution in [2.75, 3.05) is 7.11 Å². The lowest BCUT2D eigenvalue weighted by Crippen LogP contribution is -2.29. The summed E-state index contributed by atoms with van der Waals surface area (Å²) in [6.45, 7) is 0. The average Bonchev–Trinajstić information content (AvgIpc) is 1.90. The fourth-order valence-corrected chi connectivity index (χ4v) is 1.32. The minimum atomic E-state index is 0. The summed E-state index contributed by atoms with van der Waals surface area (Å²) in [5.74, 6) is 0. The highest BCUT2D eigenvalue weighted by Crippen LogP contribution is 2.18. The normalized spacial score (nSPS) is 33.0. The molecule has 0 heterocycles. The zero-order valence-electron chi connectivity index (χ0n) is 6.38. The van der Waals surface area contributed by atoms with Crippen LogP contribution in [0.15, 0.2) is 0 Å². The van der Waals surface area contributed by atoms with E-state index in [4.69, 9.17) is 10.5 Å². The van der Waals surface area contributed by atoms with Crippen LogP contribution < -0.4 is 5.73 Å². The predicted molar refractivity (Wildman–Crippen MR) is 44.5 cm³/mol. The molecule has 0 aromatic heterocycles. The Hall–Kier alpha value is 0.210. The van der Waals surface area contributed by atoms with Crippen LogP contribution in [0, 0.1) is 0 Å². The standard InChI is InChI=1S/C7H15NO.ClH/c1-9-7-4-2-6(8)3-5-7;/h6-7H,2-5,8H2,1H3;1H/t6-,7+;. The summed E-state index contributed by atoms with van der Waals surface area (Å²) in [4.78, 5) is 0. The van der Waals surface area contributed by atoms with Crippen molar-refractivity contribution in [3.8, 4) is 0 Å². The molecule has 0 bridgehead atoms. The molecule has 10 heavy (non-hydrogen) atoms. The van der Waals surface area contributed by atoms with Crippen molar-refractivity contribution in [3.05, 3.63) is 0 Å². The van der Waals surface area contributed by atoms with E-state index in [0.717, 1.165) is 25.7 Å². The first kappa shape index (κ1) is 10.2. The van der Waals surface area contributed by atoms with Crippen LogP contribution in [0.2, 0.25) is 0 Å². The molecule has 3 heteroatoms. The van der Waals surface area contributed by atoms with Crippen LogP contribution in [0.1, 0.15) is 25.7 Å². The SMILES string of the molecule is CO[C@H]1CC[C@@H](N)CC1.Cl. The number of rotatable bonds is 1. The Morgan fingerprint density at radius 2 is 1.70 bits per heavy atom. The van der Waals surface area contributed by atoms with Gasteiger partial charge in [0.25, 0.3) is 0 Å². The van der Waals surface area contributed by atoms with Gasteiger partial charge in [0.1, 0.15) is 0 Å². The van der Waals surface area contributed by atoms with Gasteiger partial charge >= 0.3 is 0 Å². The second-order valence-corrected chi connectivity index (χ2v) is 2.77. The lowest BCUT2D eigenvalue weighted by Gasteiger charge is -2.24. The van der Waals surface area contributed by atoms with Crippen LogP contribution in [0.25, 0.3) is 0 Å². The Labute approximate surface area is 68.5 Å². The summed E-state index contributed by atoms with van der Waals surface area (Å²) < 4.78 is 5.18. The number of hydrogen-bond acceptors (Lipinski definition) is 2. The van der Waals surface area contributed by atoms with E-state index in [9.17, 15) is 0 Å². The van der Waals surface area contributed by atoms with Crippen molar-refractivity contribution in [2.24, 2.45) is 5.73 Å². The van der Waals surface area contributed by atoms with Gasteiger partial charge in [0.05, 0.1) is 6.10 Å². The van der Waals surface area contributed by atoms with Gasteiger partial charge in [-0.3, -0.25) is 0 Å². The van der Waals surface area contributed by atoms with Gasteiger partial charge in [-0.15, -0.1) is 12.4 Å². The Morgan fingerprint density at radius 1 is 1.20 bits per heavy atom. The van der Waals surface area contributed by atoms with E-state index in [2.05, 4.69) is 0 Å².